The van der Waals surface area contributed by atoms with Crippen molar-refractivity contribution < 1.29 is 4.79 Å². The fourth-order valence-corrected chi connectivity index (χ4v) is 2.72. The van der Waals surface area contributed by atoms with Gasteiger partial charge in [-0.1, -0.05) is 35.5 Å². The van der Waals surface area contributed by atoms with Crippen LogP contribution in [-0.4, -0.2) is 21.1 Å². The molecule has 0 bridgehead atoms. The van der Waals surface area contributed by atoms with E-state index in [1.165, 1.54) is 0 Å². The maximum Gasteiger partial charge on any atom is 0.256 e. The predicted molar refractivity (Wildman–Crippen MR) is 95.0 cm³/mol. The van der Waals surface area contributed by atoms with E-state index in [0.717, 1.165) is 22.0 Å². The molecule has 0 radical (unpaired) electrons. The van der Waals surface area contributed by atoms with Crippen LogP contribution in [0, 0.1) is 6.92 Å². The van der Waals surface area contributed by atoms with Gasteiger partial charge in [0.2, 0.25) is 0 Å². The Balaban J connectivity index is 1.58. The normalized spacial score (nSPS) is 10.4. The van der Waals surface area contributed by atoms with Crippen LogP contribution in [0.4, 0.5) is 5.82 Å². The van der Waals surface area contributed by atoms with Gasteiger partial charge in [-0.25, -0.2) is 0 Å². The summed E-state index contributed by atoms with van der Waals surface area (Å²) in [5.41, 5.74) is 2.69. The number of aryl methyl sites for hydroxylation is 1. The van der Waals surface area contributed by atoms with Gasteiger partial charge in [0.15, 0.2) is 5.82 Å². The van der Waals surface area contributed by atoms with E-state index in [1.54, 1.807) is 36.2 Å². The minimum Gasteiger partial charge on any atom is -0.305 e. The smallest absolute Gasteiger partial charge is 0.256 e. The Hall–Kier alpha value is -2.73. The molecule has 120 valence electrons. The molecule has 0 spiro atoms. The monoisotopic (exact) mass is 336 g/mol. The molecule has 1 N–H and O–H groups in total. The Morgan fingerprint density at radius 1 is 1.04 bits per heavy atom. The molecule has 0 saturated carbocycles. The number of carbonyl (C=O) groups is 1. The van der Waals surface area contributed by atoms with Gasteiger partial charge >= 0.3 is 0 Å². The molecule has 2 aromatic heterocycles. The number of aromatic nitrogens is 3. The summed E-state index contributed by atoms with van der Waals surface area (Å²) in [5.74, 6) is 0.964. The third-order valence-electron chi connectivity index (χ3n) is 3.29. The number of nitrogens with zero attached hydrogens (tertiary/aromatic N) is 3. The molecule has 2 heterocycles. The lowest BCUT2D eigenvalue weighted by Crippen LogP contribution is -2.13. The summed E-state index contributed by atoms with van der Waals surface area (Å²) in [6.45, 7) is 1.98. The highest BCUT2D eigenvalue weighted by Gasteiger charge is 2.07. The lowest BCUT2D eigenvalue weighted by atomic mass is 10.1. The molecule has 3 rings (SSSR count). The molecule has 6 heteroatoms. The Kier molecular flexibility index (Phi) is 5.18. The van der Waals surface area contributed by atoms with E-state index in [2.05, 4.69) is 20.5 Å². The first-order chi connectivity index (χ1) is 11.7. The Bertz CT molecular complexity index is 805. The summed E-state index contributed by atoms with van der Waals surface area (Å²) in [6, 6.07) is 16.8. The van der Waals surface area contributed by atoms with E-state index < -0.39 is 0 Å². The van der Waals surface area contributed by atoms with E-state index in [1.807, 2.05) is 43.3 Å². The van der Waals surface area contributed by atoms with Gasteiger partial charge in [-0.15, -0.1) is 10.2 Å². The lowest BCUT2D eigenvalue weighted by molar-refractivity contribution is 0.102. The zero-order chi connectivity index (χ0) is 16.8. The van der Waals surface area contributed by atoms with Crippen LogP contribution in [0.25, 0.3) is 0 Å². The highest BCUT2D eigenvalue weighted by Crippen LogP contribution is 2.19. The Labute approximate surface area is 144 Å². The maximum absolute atomic E-state index is 12.1. The van der Waals surface area contributed by atoms with Crippen molar-refractivity contribution in [3.63, 3.8) is 0 Å². The molecule has 1 aromatic carbocycles. The molecule has 0 unspecified atom stereocenters. The molecule has 0 atom stereocenters. The first-order valence-corrected chi connectivity index (χ1v) is 8.44. The van der Waals surface area contributed by atoms with Crippen molar-refractivity contribution in [2.45, 2.75) is 17.7 Å². The second kappa shape index (κ2) is 7.70. The molecule has 0 aliphatic carbocycles. The van der Waals surface area contributed by atoms with Crippen molar-refractivity contribution in [3.8, 4) is 0 Å². The predicted octanol–water partition coefficient (Wildman–Crippen LogP) is 3.72. The van der Waals surface area contributed by atoms with Gasteiger partial charge in [0, 0.05) is 17.5 Å². The first kappa shape index (κ1) is 16.1. The first-order valence-electron chi connectivity index (χ1n) is 7.45. The summed E-state index contributed by atoms with van der Waals surface area (Å²) in [7, 11) is 0. The summed E-state index contributed by atoms with van der Waals surface area (Å²) < 4.78 is 0. The van der Waals surface area contributed by atoms with Crippen LogP contribution in [0.15, 0.2) is 65.8 Å². The Morgan fingerprint density at radius 2 is 1.88 bits per heavy atom. The van der Waals surface area contributed by atoms with E-state index in [4.69, 9.17) is 0 Å². The summed E-state index contributed by atoms with van der Waals surface area (Å²) in [6.07, 6.45) is 1.77. The van der Waals surface area contributed by atoms with Crippen molar-refractivity contribution in [2.24, 2.45) is 0 Å². The van der Waals surface area contributed by atoms with Crippen molar-refractivity contribution in [2.75, 3.05) is 5.32 Å². The van der Waals surface area contributed by atoms with Crippen LogP contribution < -0.4 is 5.32 Å². The average molecular weight is 336 g/mol. The molecule has 0 saturated heterocycles. The van der Waals surface area contributed by atoms with Crippen molar-refractivity contribution in [1.82, 2.24) is 15.2 Å². The Morgan fingerprint density at radius 3 is 2.54 bits per heavy atom. The molecular weight excluding hydrogens is 320 g/mol. The van der Waals surface area contributed by atoms with Gasteiger partial charge < -0.3 is 5.32 Å². The van der Waals surface area contributed by atoms with Gasteiger partial charge in [-0.2, -0.15) is 0 Å². The van der Waals surface area contributed by atoms with Gasteiger partial charge in [0.25, 0.3) is 5.91 Å². The van der Waals surface area contributed by atoms with E-state index >= 15 is 0 Å². The SMILES string of the molecule is Cc1ccc(C(=O)Nc2ccc(SCc3ccccn3)nn2)cc1. The molecule has 3 aromatic rings. The van der Waals surface area contributed by atoms with Gasteiger partial charge in [-0.3, -0.25) is 9.78 Å². The van der Waals surface area contributed by atoms with Crippen LogP contribution in [0.5, 0.6) is 0 Å². The van der Waals surface area contributed by atoms with E-state index in [9.17, 15) is 4.79 Å². The number of benzene rings is 1. The molecular formula is C18H16N4OS. The number of anilines is 1. The summed E-state index contributed by atoms with van der Waals surface area (Å²) in [4.78, 5) is 16.4. The summed E-state index contributed by atoms with van der Waals surface area (Å²) in [5, 5.41) is 11.7. The van der Waals surface area contributed by atoms with E-state index in [0.29, 0.717) is 11.4 Å². The number of carbonyl (C=O) groups excluding carboxylic acids is 1. The average Bonchev–Trinajstić information content (AvgIpc) is 2.62. The number of rotatable bonds is 5. The molecule has 24 heavy (non-hydrogen) atoms. The highest BCUT2D eigenvalue weighted by atomic mass is 32.2. The maximum atomic E-state index is 12.1. The highest BCUT2D eigenvalue weighted by molar-refractivity contribution is 7.98. The molecule has 1 amide bonds. The molecule has 5 nitrogen and oxygen atoms in total. The zero-order valence-corrected chi connectivity index (χ0v) is 14.0. The largest absolute Gasteiger partial charge is 0.305 e. The van der Waals surface area contributed by atoms with Crippen molar-refractivity contribution in [3.05, 3.63) is 77.6 Å². The minimum absolute atomic E-state index is 0.196. The number of amides is 1. The fraction of sp³-hybridized carbons (Fsp3) is 0.111. The van der Waals surface area contributed by atoms with Crippen molar-refractivity contribution >= 4 is 23.5 Å². The topological polar surface area (TPSA) is 67.8 Å². The second-order valence-corrected chi connectivity index (χ2v) is 6.18. The molecule has 0 fully saturated rings. The fourth-order valence-electron chi connectivity index (χ4n) is 1.99. The zero-order valence-electron chi connectivity index (χ0n) is 13.1. The van der Waals surface area contributed by atoms with Crippen LogP contribution in [0.2, 0.25) is 0 Å². The van der Waals surface area contributed by atoms with Crippen LogP contribution in [0.3, 0.4) is 0 Å². The number of pyridine rings is 1. The number of nitrogens with one attached hydrogen (secondary N) is 1. The van der Waals surface area contributed by atoms with Gasteiger partial charge in [0.1, 0.15) is 5.03 Å². The van der Waals surface area contributed by atoms with Crippen LogP contribution >= 0.6 is 11.8 Å². The standard InChI is InChI=1S/C18H16N4OS/c1-13-5-7-14(8-6-13)18(23)20-16-9-10-17(22-21-16)24-12-15-4-2-3-11-19-15/h2-11H,12H2,1H3,(H,20,21,23). The third kappa shape index (κ3) is 4.39. The molecule has 0 aliphatic heterocycles. The minimum atomic E-state index is -0.196. The summed E-state index contributed by atoms with van der Waals surface area (Å²) >= 11 is 1.55. The van der Waals surface area contributed by atoms with Crippen molar-refractivity contribution in [1.29, 1.82) is 0 Å². The quantitative estimate of drug-likeness (QED) is 0.719. The number of hydrogen-bond acceptors (Lipinski definition) is 5. The van der Waals surface area contributed by atoms with E-state index in [-0.39, 0.29) is 5.91 Å². The van der Waals surface area contributed by atoms with Crippen LogP contribution in [-0.2, 0) is 5.75 Å². The van der Waals surface area contributed by atoms with Gasteiger partial charge in [0.05, 0.1) is 5.69 Å². The lowest BCUT2D eigenvalue weighted by Gasteiger charge is -2.05. The third-order valence-corrected chi connectivity index (χ3v) is 4.24. The number of thioether (sulfide) groups is 1. The second-order valence-electron chi connectivity index (χ2n) is 5.19. The molecule has 0 aliphatic rings. The van der Waals surface area contributed by atoms with Gasteiger partial charge in [-0.05, 0) is 43.3 Å². The number of hydrogen-bond donors (Lipinski definition) is 1. The van der Waals surface area contributed by atoms with Crippen LogP contribution in [0.1, 0.15) is 21.6 Å².